The second-order valence-corrected chi connectivity index (χ2v) is 2.88. The largest absolute Gasteiger partial charge is 0.463 e. The third kappa shape index (κ3) is 4.38. The van der Waals surface area contributed by atoms with Gasteiger partial charge in [-0.15, -0.1) is 0 Å². The molecule has 0 spiro atoms. The maximum absolute atomic E-state index is 11.1. The number of carbonyl (C=O) groups excluding carboxylic acids is 2. The number of amides is 2. The van der Waals surface area contributed by atoms with Gasteiger partial charge in [0.15, 0.2) is 0 Å². The Kier molecular flexibility index (Phi) is 4.74. The van der Waals surface area contributed by atoms with Crippen LogP contribution in [-0.2, 0) is 9.59 Å². The van der Waals surface area contributed by atoms with Crippen molar-refractivity contribution >= 4 is 18.0 Å². The van der Waals surface area contributed by atoms with Crippen molar-refractivity contribution in [2.45, 2.75) is 12.8 Å². The molecule has 0 saturated carbocycles. The van der Waals surface area contributed by atoms with Crippen molar-refractivity contribution in [3.63, 3.8) is 0 Å². The summed E-state index contributed by atoms with van der Waals surface area (Å²) in [5.74, 6) is 4.61. The van der Waals surface area contributed by atoms with Gasteiger partial charge in [0.05, 0.1) is 12.5 Å². The van der Waals surface area contributed by atoms with Crippen LogP contribution in [0.25, 0.3) is 0 Å². The molecular formula is C9H12N4O3. The van der Waals surface area contributed by atoms with Gasteiger partial charge in [0, 0.05) is 12.8 Å². The van der Waals surface area contributed by atoms with Crippen molar-refractivity contribution in [3.05, 3.63) is 24.2 Å². The summed E-state index contributed by atoms with van der Waals surface area (Å²) in [6.45, 7) is 0. The van der Waals surface area contributed by atoms with Gasteiger partial charge in [0.1, 0.15) is 5.76 Å². The molecule has 1 heterocycles. The molecule has 0 aliphatic heterocycles. The molecule has 16 heavy (non-hydrogen) atoms. The quantitative estimate of drug-likeness (QED) is 0.271. The number of nitrogens with one attached hydrogen (secondary N) is 2. The van der Waals surface area contributed by atoms with Gasteiger partial charge in [-0.05, 0) is 12.1 Å². The number of nitrogens with zero attached hydrogens (tertiary/aromatic N) is 1. The van der Waals surface area contributed by atoms with E-state index in [-0.39, 0.29) is 18.7 Å². The number of rotatable bonds is 5. The van der Waals surface area contributed by atoms with E-state index in [1.807, 2.05) is 5.43 Å². The summed E-state index contributed by atoms with van der Waals surface area (Å²) in [4.78, 5) is 21.8. The van der Waals surface area contributed by atoms with Gasteiger partial charge in [-0.25, -0.2) is 11.3 Å². The van der Waals surface area contributed by atoms with Gasteiger partial charge in [-0.2, -0.15) is 5.10 Å². The van der Waals surface area contributed by atoms with Crippen LogP contribution in [0.15, 0.2) is 27.9 Å². The molecule has 0 fully saturated rings. The van der Waals surface area contributed by atoms with Gasteiger partial charge < -0.3 is 4.42 Å². The Bertz CT molecular complexity index is 372. The van der Waals surface area contributed by atoms with E-state index < -0.39 is 5.91 Å². The topological polar surface area (TPSA) is 110 Å². The predicted molar refractivity (Wildman–Crippen MR) is 56.0 cm³/mol. The van der Waals surface area contributed by atoms with Crippen LogP contribution in [-0.4, -0.2) is 18.0 Å². The zero-order valence-corrected chi connectivity index (χ0v) is 8.47. The average molecular weight is 224 g/mol. The van der Waals surface area contributed by atoms with Crippen LogP contribution in [0.4, 0.5) is 0 Å². The fourth-order valence-electron chi connectivity index (χ4n) is 0.888. The molecule has 1 rings (SSSR count). The number of hydrogen-bond acceptors (Lipinski definition) is 5. The zero-order valence-electron chi connectivity index (χ0n) is 8.47. The number of nitrogens with two attached hydrogens (primary N) is 1. The lowest BCUT2D eigenvalue weighted by molar-refractivity contribution is -0.126. The summed E-state index contributed by atoms with van der Waals surface area (Å²) < 4.78 is 4.95. The van der Waals surface area contributed by atoms with Crippen LogP contribution < -0.4 is 16.7 Å². The molecule has 0 unspecified atom stereocenters. The Labute approximate surface area is 91.6 Å². The second-order valence-electron chi connectivity index (χ2n) is 2.88. The molecule has 1 aromatic heterocycles. The first-order chi connectivity index (χ1) is 7.72. The van der Waals surface area contributed by atoms with Gasteiger partial charge in [0.25, 0.3) is 0 Å². The first-order valence-electron chi connectivity index (χ1n) is 4.57. The van der Waals surface area contributed by atoms with E-state index in [0.29, 0.717) is 5.76 Å². The highest BCUT2D eigenvalue weighted by molar-refractivity contribution is 5.84. The number of hydrazine groups is 1. The van der Waals surface area contributed by atoms with Crippen LogP contribution in [0, 0.1) is 0 Å². The van der Waals surface area contributed by atoms with Crippen LogP contribution in [0.2, 0.25) is 0 Å². The zero-order chi connectivity index (χ0) is 11.8. The fourth-order valence-corrected chi connectivity index (χ4v) is 0.888. The fraction of sp³-hybridized carbons (Fsp3) is 0.222. The van der Waals surface area contributed by atoms with Crippen LogP contribution in [0.5, 0.6) is 0 Å². The van der Waals surface area contributed by atoms with Crippen molar-refractivity contribution < 1.29 is 14.0 Å². The van der Waals surface area contributed by atoms with E-state index in [1.54, 1.807) is 12.1 Å². The Balaban J connectivity index is 2.22. The Hall–Kier alpha value is -2.15. The Morgan fingerprint density at radius 1 is 1.44 bits per heavy atom. The third-order valence-electron chi connectivity index (χ3n) is 1.66. The van der Waals surface area contributed by atoms with E-state index in [2.05, 4.69) is 10.5 Å². The van der Waals surface area contributed by atoms with Gasteiger partial charge in [0.2, 0.25) is 11.8 Å². The third-order valence-corrected chi connectivity index (χ3v) is 1.66. The monoisotopic (exact) mass is 224 g/mol. The molecule has 0 radical (unpaired) electrons. The van der Waals surface area contributed by atoms with Crippen LogP contribution in [0.3, 0.4) is 0 Å². The number of furan rings is 1. The highest BCUT2D eigenvalue weighted by Gasteiger charge is 2.03. The highest BCUT2D eigenvalue weighted by atomic mass is 16.3. The smallest absolute Gasteiger partial charge is 0.240 e. The summed E-state index contributed by atoms with van der Waals surface area (Å²) in [5, 5.41) is 3.64. The van der Waals surface area contributed by atoms with Gasteiger partial charge in [-0.3, -0.25) is 15.0 Å². The molecule has 7 nitrogen and oxygen atoms in total. The minimum atomic E-state index is -0.398. The van der Waals surface area contributed by atoms with E-state index in [4.69, 9.17) is 10.3 Å². The molecular weight excluding hydrogens is 212 g/mol. The van der Waals surface area contributed by atoms with Gasteiger partial charge >= 0.3 is 0 Å². The van der Waals surface area contributed by atoms with Crippen molar-refractivity contribution in [2.24, 2.45) is 10.9 Å². The van der Waals surface area contributed by atoms with Crippen molar-refractivity contribution in [1.82, 2.24) is 10.9 Å². The van der Waals surface area contributed by atoms with E-state index in [1.165, 1.54) is 12.5 Å². The van der Waals surface area contributed by atoms with Gasteiger partial charge in [-0.1, -0.05) is 0 Å². The first-order valence-corrected chi connectivity index (χ1v) is 4.57. The molecule has 7 heteroatoms. The van der Waals surface area contributed by atoms with Crippen molar-refractivity contribution in [1.29, 1.82) is 0 Å². The molecule has 0 aliphatic carbocycles. The lowest BCUT2D eigenvalue weighted by Crippen LogP contribution is -2.31. The summed E-state index contributed by atoms with van der Waals surface area (Å²) in [5.41, 5.74) is 4.18. The summed E-state index contributed by atoms with van der Waals surface area (Å²) >= 11 is 0. The maximum atomic E-state index is 11.1. The lowest BCUT2D eigenvalue weighted by Gasteiger charge is -1.98. The summed E-state index contributed by atoms with van der Waals surface area (Å²) in [7, 11) is 0. The van der Waals surface area contributed by atoms with E-state index >= 15 is 0 Å². The molecule has 4 N–H and O–H groups in total. The average Bonchev–Trinajstić information content (AvgIpc) is 2.79. The number of carbonyl (C=O) groups is 2. The predicted octanol–water partition coefficient (Wildman–Crippen LogP) is -0.500. The molecule has 86 valence electrons. The molecule has 0 saturated heterocycles. The standard InChI is InChI=1S/C9H12N4O3/c10-12-8(14)3-4-9(15)13-11-6-7-2-1-5-16-7/h1-2,5-6H,3-4,10H2,(H,12,14)(H,13,15)/b11-6+. The second kappa shape index (κ2) is 6.36. The molecule has 0 aliphatic rings. The van der Waals surface area contributed by atoms with Crippen molar-refractivity contribution in [3.8, 4) is 0 Å². The van der Waals surface area contributed by atoms with Crippen LogP contribution >= 0.6 is 0 Å². The number of hydrogen-bond donors (Lipinski definition) is 3. The van der Waals surface area contributed by atoms with E-state index in [0.717, 1.165) is 0 Å². The lowest BCUT2D eigenvalue weighted by atomic mass is 10.3. The molecule has 0 bridgehead atoms. The van der Waals surface area contributed by atoms with Crippen LogP contribution in [0.1, 0.15) is 18.6 Å². The maximum Gasteiger partial charge on any atom is 0.240 e. The minimum absolute atomic E-state index is 0.0263. The number of hydrazone groups is 1. The normalized spacial score (nSPS) is 10.3. The molecule has 1 aromatic rings. The van der Waals surface area contributed by atoms with Crippen molar-refractivity contribution in [2.75, 3.05) is 0 Å². The first kappa shape index (κ1) is 11.9. The minimum Gasteiger partial charge on any atom is -0.463 e. The highest BCUT2D eigenvalue weighted by Crippen LogP contribution is 1.94. The Morgan fingerprint density at radius 3 is 2.81 bits per heavy atom. The SMILES string of the molecule is NNC(=O)CCC(=O)N/N=C/c1ccco1. The Morgan fingerprint density at radius 2 is 2.19 bits per heavy atom. The summed E-state index contributed by atoms with van der Waals surface area (Å²) in [6, 6.07) is 3.40. The summed E-state index contributed by atoms with van der Waals surface area (Å²) in [6.07, 6.45) is 2.91. The molecule has 0 atom stereocenters. The van der Waals surface area contributed by atoms with E-state index in [9.17, 15) is 9.59 Å². The molecule has 2 amide bonds. The molecule has 0 aromatic carbocycles.